The summed E-state index contributed by atoms with van der Waals surface area (Å²) >= 11 is 0. The maximum absolute atomic E-state index is 10.4. The standard InChI is InChI=1S/C5H5NO2.ClH/c1-6-4(7)2-3-5(6)8;/h2-3H,1H3;1H. The second kappa shape index (κ2) is 2.64. The molecule has 4 heteroatoms. The molecule has 0 N–H and O–H groups in total. The highest BCUT2D eigenvalue weighted by Gasteiger charge is 2.17. The Hall–Kier alpha value is -0.830. The Bertz CT molecular complexity index is 158. The molecule has 0 saturated heterocycles. The van der Waals surface area contributed by atoms with E-state index < -0.39 is 0 Å². The van der Waals surface area contributed by atoms with Gasteiger partial charge in [-0.1, -0.05) is 0 Å². The summed E-state index contributed by atoms with van der Waals surface area (Å²) in [6.07, 6.45) is 2.50. The van der Waals surface area contributed by atoms with Crippen molar-refractivity contribution in [1.29, 1.82) is 0 Å². The zero-order chi connectivity index (χ0) is 6.15. The number of rotatable bonds is 0. The van der Waals surface area contributed by atoms with Crippen molar-refractivity contribution < 1.29 is 9.59 Å². The first-order valence-corrected chi connectivity index (χ1v) is 2.21. The van der Waals surface area contributed by atoms with Crippen LogP contribution < -0.4 is 0 Å². The van der Waals surface area contributed by atoms with Crippen LogP contribution >= 0.6 is 12.4 Å². The summed E-state index contributed by atoms with van der Waals surface area (Å²) in [5, 5.41) is 0. The summed E-state index contributed by atoms with van der Waals surface area (Å²) < 4.78 is 0. The SMILES string of the molecule is CN1C(=O)C=CC1=O.Cl. The van der Waals surface area contributed by atoms with E-state index in [1.807, 2.05) is 0 Å². The quantitative estimate of drug-likeness (QED) is 0.451. The fourth-order valence-corrected chi connectivity index (χ4v) is 0.475. The van der Waals surface area contributed by atoms with Crippen molar-refractivity contribution in [3.05, 3.63) is 12.2 Å². The Morgan fingerprint density at radius 2 is 1.56 bits per heavy atom. The molecule has 0 saturated carbocycles. The number of amides is 2. The lowest BCUT2D eigenvalue weighted by molar-refractivity contribution is -0.135. The smallest absolute Gasteiger partial charge is 0.253 e. The van der Waals surface area contributed by atoms with Gasteiger partial charge in [0.15, 0.2) is 0 Å². The Kier molecular flexibility index (Phi) is 2.40. The van der Waals surface area contributed by atoms with E-state index in [9.17, 15) is 9.59 Å². The fraction of sp³-hybridized carbons (Fsp3) is 0.200. The first kappa shape index (κ1) is 8.17. The van der Waals surface area contributed by atoms with Gasteiger partial charge >= 0.3 is 0 Å². The molecule has 1 heterocycles. The van der Waals surface area contributed by atoms with Gasteiger partial charge in [0.1, 0.15) is 0 Å². The summed E-state index contributed by atoms with van der Waals surface area (Å²) in [5.74, 6) is -0.481. The lowest BCUT2D eigenvalue weighted by atomic mass is 10.6. The summed E-state index contributed by atoms with van der Waals surface area (Å²) in [4.78, 5) is 21.9. The average Bonchev–Trinajstić information content (AvgIpc) is 1.98. The van der Waals surface area contributed by atoms with Crippen LogP contribution in [0, 0.1) is 0 Å². The Morgan fingerprint density at radius 3 is 1.67 bits per heavy atom. The molecule has 2 amide bonds. The third-order valence-corrected chi connectivity index (χ3v) is 1.03. The molecule has 0 spiro atoms. The van der Waals surface area contributed by atoms with Gasteiger partial charge in [-0.15, -0.1) is 12.4 Å². The van der Waals surface area contributed by atoms with Crippen LogP contribution in [0.1, 0.15) is 0 Å². The number of likely N-dealkylation sites (N-methyl/N-ethyl adjacent to an activating group) is 1. The van der Waals surface area contributed by atoms with Crippen LogP contribution in [0.3, 0.4) is 0 Å². The molecule has 0 radical (unpaired) electrons. The number of nitrogens with zero attached hydrogens (tertiary/aromatic N) is 1. The monoisotopic (exact) mass is 147 g/mol. The predicted octanol–water partition coefficient (Wildman–Crippen LogP) is -0.0370. The zero-order valence-electron chi connectivity index (χ0n) is 4.83. The molecule has 9 heavy (non-hydrogen) atoms. The van der Waals surface area contributed by atoms with Crippen LogP contribution in [-0.4, -0.2) is 23.8 Å². The van der Waals surface area contributed by atoms with Crippen molar-refractivity contribution in [2.24, 2.45) is 0 Å². The average molecular weight is 148 g/mol. The van der Waals surface area contributed by atoms with Crippen LogP contribution in [0.2, 0.25) is 0 Å². The van der Waals surface area contributed by atoms with Crippen LogP contribution in [0.5, 0.6) is 0 Å². The minimum atomic E-state index is -0.241. The predicted molar refractivity (Wildman–Crippen MR) is 34.2 cm³/mol. The number of hydrogen-bond donors (Lipinski definition) is 0. The second-order valence-corrected chi connectivity index (χ2v) is 1.57. The minimum Gasteiger partial charge on any atom is -0.279 e. The van der Waals surface area contributed by atoms with Crippen molar-refractivity contribution in [3.63, 3.8) is 0 Å². The molecule has 0 atom stereocenters. The van der Waals surface area contributed by atoms with Crippen molar-refractivity contribution in [2.75, 3.05) is 7.05 Å². The molecule has 0 unspecified atom stereocenters. The summed E-state index contributed by atoms with van der Waals surface area (Å²) in [5.41, 5.74) is 0. The molecular weight excluding hydrogens is 142 g/mol. The van der Waals surface area contributed by atoms with Crippen molar-refractivity contribution in [1.82, 2.24) is 4.90 Å². The summed E-state index contributed by atoms with van der Waals surface area (Å²) in [6.45, 7) is 0. The summed E-state index contributed by atoms with van der Waals surface area (Å²) in [6, 6.07) is 0. The summed E-state index contributed by atoms with van der Waals surface area (Å²) in [7, 11) is 1.45. The Balaban J connectivity index is 0.000000640. The van der Waals surface area contributed by atoms with E-state index in [2.05, 4.69) is 0 Å². The lowest BCUT2D eigenvalue weighted by Gasteiger charge is -2.01. The minimum absolute atomic E-state index is 0. The molecule has 1 aliphatic heterocycles. The Morgan fingerprint density at radius 1 is 1.22 bits per heavy atom. The van der Waals surface area contributed by atoms with Gasteiger partial charge in [0.25, 0.3) is 11.8 Å². The van der Waals surface area contributed by atoms with Crippen LogP contribution in [0.25, 0.3) is 0 Å². The van der Waals surface area contributed by atoms with E-state index in [0.717, 1.165) is 4.90 Å². The number of imide groups is 1. The molecule has 1 rings (SSSR count). The fourth-order valence-electron chi connectivity index (χ4n) is 0.475. The number of carbonyl (C=O) groups excluding carboxylic acids is 2. The third-order valence-electron chi connectivity index (χ3n) is 1.03. The number of hydrogen-bond acceptors (Lipinski definition) is 2. The lowest BCUT2D eigenvalue weighted by Crippen LogP contribution is -2.24. The first-order valence-electron chi connectivity index (χ1n) is 2.21. The van der Waals surface area contributed by atoms with Crippen molar-refractivity contribution in [3.8, 4) is 0 Å². The molecule has 0 bridgehead atoms. The zero-order valence-corrected chi connectivity index (χ0v) is 5.64. The largest absolute Gasteiger partial charge is 0.279 e. The van der Waals surface area contributed by atoms with Gasteiger partial charge in [-0.25, -0.2) is 0 Å². The van der Waals surface area contributed by atoms with E-state index in [1.54, 1.807) is 0 Å². The van der Waals surface area contributed by atoms with Gasteiger partial charge < -0.3 is 0 Å². The molecule has 1 aliphatic rings. The van der Waals surface area contributed by atoms with Crippen LogP contribution in [0.15, 0.2) is 12.2 Å². The second-order valence-electron chi connectivity index (χ2n) is 1.57. The van der Waals surface area contributed by atoms with E-state index in [0.29, 0.717) is 0 Å². The Labute approximate surface area is 58.7 Å². The van der Waals surface area contributed by atoms with Gasteiger partial charge in [-0.3, -0.25) is 14.5 Å². The van der Waals surface area contributed by atoms with Crippen LogP contribution in [0.4, 0.5) is 0 Å². The number of carbonyl (C=O) groups is 2. The molecular formula is C5H6ClNO2. The molecule has 0 aromatic rings. The maximum atomic E-state index is 10.4. The maximum Gasteiger partial charge on any atom is 0.253 e. The molecule has 0 aromatic carbocycles. The molecule has 0 aromatic heterocycles. The molecule has 0 fully saturated rings. The number of halogens is 1. The highest BCUT2D eigenvalue weighted by atomic mass is 35.5. The highest BCUT2D eigenvalue weighted by molar-refractivity contribution is 6.12. The van der Waals surface area contributed by atoms with Gasteiger partial charge in [0, 0.05) is 19.2 Å². The molecule has 50 valence electrons. The normalized spacial score (nSPS) is 16.3. The van der Waals surface area contributed by atoms with Gasteiger partial charge in [-0.05, 0) is 0 Å². The molecule has 3 nitrogen and oxygen atoms in total. The van der Waals surface area contributed by atoms with Gasteiger partial charge in [0.05, 0.1) is 0 Å². The first-order chi connectivity index (χ1) is 3.72. The van der Waals surface area contributed by atoms with Gasteiger partial charge in [0.2, 0.25) is 0 Å². The van der Waals surface area contributed by atoms with E-state index in [-0.39, 0.29) is 24.2 Å². The van der Waals surface area contributed by atoms with Crippen molar-refractivity contribution in [2.45, 2.75) is 0 Å². The van der Waals surface area contributed by atoms with E-state index in [1.165, 1.54) is 19.2 Å². The van der Waals surface area contributed by atoms with E-state index >= 15 is 0 Å². The van der Waals surface area contributed by atoms with E-state index in [4.69, 9.17) is 0 Å². The molecule has 0 aliphatic carbocycles. The van der Waals surface area contributed by atoms with Crippen molar-refractivity contribution >= 4 is 24.2 Å². The van der Waals surface area contributed by atoms with Gasteiger partial charge in [-0.2, -0.15) is 0 Å². The topological polar surface area (TPSA) is 37.4 Å². The van der Waals surface area contributed by atoms with Crippen LogP contribution in [-0.2, 0) is 9.59 Å². The third kappa shape index (κ3) is 1.29. The highest BCUT2D eigenvalue weighted by Crippen LogP contribution is 1.97.